The molecule has 0 aliphatic carbocycles. The van der Waals surface area contributed by atoms with Crippen LogP contribution < -0.4 is 0 Å². The zero-order valence-electron chi connectivity index (χ0n) is 16.0. The summed E-state index contributed by atoms with van der Waals surface area (Å²) in [7, 11) is 0. The molecule has 5 heteroatoms. The lowest BCUT2D eigenvalue weighted by Gasteiger charge is -2.07. The second kappa shape index (κ2) is 7.53. The minimum atomic E-state index is 0.232. The third-order valence-corrected chi connectivity index (χ3v) is 5.06. The zero-order chi connectivity index (χ0) is 18.8. The van der Waals surface area contributed by atoms with Crippen LogP contribution >= 0.6 is 0 Å². The van der Waals surface area contributed by atoms with E-state index in [2.05, 4.69) is 65.7 Å². The number of benzene rings is 2. The molecular formula is C22H26N4O. The number of aryl methyl sites for hydroxylation is 1. The summed E-state index contributed by atoms with van der Waals surface area (Å²) in [4.78, 5) is 0. The van der Waals surface area contributed by atoms with Crippen molar-refractivity contribution in [1.29, 1.82) is 0 Å². The van der Waals surface area contributed by atoms with Crippen LogP contribution in [-0.4, -0.2) is 31.3 Å². The SMILES string of the molecule is CC(C)n1nc(Cn2nc3ccccc3c2CCCCO)c2ccccc21. The Morgan fingerprint density at radius 2 is 1.67 bits per heavy atom. The Kier molecular flexibility index (Phi) is 4.94. The van der Waals surface area contributed by atoms with Gasteiger partial charge in [0.05, 0.1) is 23.3 Å². The smallest absolute Gasteiger partial charge is 0.0926 e. The van der Waals surface area contributed by atoms with Crippen LogP contribution in [0.3, 0.4) is 0 Å². The first kappa shape index (κ1) is 17.7. The van der Waals surface area contributed by atoms with Gasteiger partial charge in [0, 0.05) is 29.1 Å². The quantitative estimate of drug-likeness (QED) is 0.498. The number of fused-ring (bicyclic) bond motifs is 2. The molecule has 0 unspecified atom stereocenters. The molecule has 0 bridgehead atoms. The summed E-state index contributed by atoms with van der Waals surface area (Å²) in [6.45, 7) is 5.20. The molecule has 0 spiro atoms. The highest BCUT2D eigenvalue weighted by atomic mass is 16.2. The van der Waals surface area contributed by atoms with Crippen LogP contribution in [-0.2, 0) is 13.0 Å². The van der Waals surface area contributed by atoms with E-state index >= 15 is 0 Å². The zero-order valence-corrected chi connectivity index (χ0v) is 16.0. The predicted octanol–water partition coefficient (Wildman–Crippen LogP) is 4.33. The molecule has 140 valence electrons. The van der Waals surface area contributed by atoms with Gasteiger partial charge < -0.3 is 5.11 Å². The normalized spacial score (nSPS) is 11.9. The summed E-state index contributed by atoms with van der Waals surface area (Å²) in [6, 6.07) is 17.0. The highest BCUT2D eigenvalue weighted by Crippen LogP contribution is 2.25. The van der Waals surface area contributed by atoms with Crippen molar-refractivity contribution in [2.45, 2.75) is 45.7 Å². The summed E-state index contributed by atoms with van der Waals surface area (Å²) < 4.78 is 4.20. The Labute approximate surface area is 159 Å². The monoisotopic (exact) mass is 362 g/mol. The number of aromatic nitrogens is 4. The lowest BCUT2D eigenvalue weighted by Crippen LogP contribution is -2.09. The van der Waals surface area contributed by atoms with Crippen molar-refractivity contribution in [2.24, 2.45) is 0 Å². The molecule has 0 saturated heterocycles. The van der Waals surface area contributed by atoms with Crippen molar-refractivity contribution in [1.82, 2.24) is 19.6 Å². The highest BCUT2D eigenvalue weighted by Gasteiger charge is 2.16. The third kappa shape index (κ3) is 3.35. The van der Waals surface area contributed by atoms with Gasteiger partial charge in [-0.05, 0) is 45.2 Å². The van der Waals surface area contributed by atoms with E-state index in [1.54, 1.807) is 0 Å². The van der Waals surface area contributed by atoms with E-state index in [1.165, 1.54) is 22.0 Å². The average Bonchev–Trinajstić information content (AvgIpc) is 3.21. The molecule has 1 N–H and O–H groups in total. The molecule has 2 aromatic heterocycles. The molecule has 27 heavy (non-hydrogen) atoms. The fourth-order valence-corrected chi connectivity index (χ4v) is 3.74. The van der Waals surface area contributed by atoms with Crippen LogP contribution in [0, 0.1) is 0 Å². The summed E-state index contributed by atoms with van der Waals surface area (Å²) in [5, 5.41) is 21.3. The maximum Gasteiger partial charge on any atom is 0.0926 e. The van der Waals surface area contributed by atoms with Crippen molar-refractivity contribution < 1.29 is 5.11 Å². The summed E-state index contributed by atoms with van der Waals surface area (Å²) in [6.07, 6.45) is 2.67. The molecule has 0 aliphatic rings. The molecule has 0 fully saturated rings. The second-order valence-electron chi connectivity index (χ2n) is 7.30. The van der Waals surface area contributed by atoms with Crippen LogP contribution in [0.2, 0.25) is 0 Å². The molecule has 0 atom stereocenters. The standard InChI is InChI=1S/C22H26N4O/c1-16(2)26-22-13-6-4-10-18(22)20(24-26)15-25-21(12-7-8-14-27)17-9-3-5-11-19(17)23-25/h3-6,9-11,13,16,27H,7-8,12,14-15H2,1-2H3. The van der Waals surface area contributed by atoms with E-state index in [0.29, 0.717) is 12.6 Å². The van der Waals surface area contributed by atoms with Crippen LogP contribution in [0.15, 0.2) is 48.5 Å². The largest absolute Gasteiger partial charge is 0.396 e. The molecule has 4 aromatic rings. The van der Waals surface area contributed by atoms with Crippen LogP contribution in [0.25, 0.3) is 21.8 Å². The van der Waals surface area contributed by atoms with Crippen molar-refractivity contribution in [3.63, 3.8) is 0 Å². The van der Waals surface area contributed by atoms with Gasteiger partial charge in [0.1, 0.15) is 0 Å². The molecular weight excluding hydrogens is 336 g/mol. The summed E-state index contributed by atoms with van der Waals surface area (Å²) in [5.41, 5.74) is 4.46. The third-order valence-electron chi connectivity index (χ3n) is 5.06. The lowest BCUT2D eigenvalue weighted by atomic mass is 10.1. The fraction of sp³-hybridized carbons (Fsp3) is 0.364. The van der Waals surface area contributed by atoms with Gasteiger partial charge in [-0.15, -0.1) is 0 Å². The number of para-hydroxylation sites is 1. The van der Waals surface area contributed by atoms with E-state index in [9.17, 15) is 0 Å². The first-order valence-corrected chi connectivity index (χ1v) is 9.70. The lowest BCUT2D eigenvalue weighted by molar-refractivity contribution is 0.284. The topological polar surface area (TPSA) is 55.9 Å². The average molecular weight is 362 g/mol. The number of unbranched alkanes of at least 4 members (excludes halogenated alkanes) is 1. The Morgan fingerprint density at radius 1 is 0.926 bits per heavy atom. The fourth-order valence-electron chi connectivity index (χ4n) is 3.74. The second-order valence-corrected chi connectivity index (χ2v) is 7.30. The van der Waals surface area contributed by atoms with Crippen LogP contribution in [0.4, 0.5) is 0 Å². The van der Waals surface area contributed by atoms with Crippen molar-refractivity contribution in [2.75, 3.05) is 6.61 Å². The minimum Gasteiger partial charge on any atom is -0.396 e. The van der Waals surface area contributed by atoms with E-state index in [1.807, 2.05) is 6.07 Å². The number of nitrogens with zero attached hydrogens (tertiary/aromatic N) is 4. The van der Waals surface area contributed by atoms with E-state index < -0.39 is 0 Å². The Balaban J connectivity index is 1.77. The molecule has 2 heterocycles. The minimum absolute atomic E-state index is 0.232. The van der Waals surface area contributed by atoms with Crippen LogP contribution in [0.1, 0.15) is 44.1 Å². The number of aliphatic hydroxyl groups excluding tert-OH is 1. The summed E-state index contributed by atoms with van der Waals surface area (Å²) in [5.74, 6) is 0. The van der Waals surface area contributed by atoms with Gasteiger partial charge in [-0.25, -0.2) is 0 Å². The molecule has 5 nitrogen and oxygen atoms in total. The molecule has 2 aromatic carbocycles. The van der Waals surface area contributed by atoms with E-state index in [4.69, 9.17) is 15.3 Å². The number of aliphatic hydroxyl groups is 1. The Hall–Kier alpha value is -2.66. The summed E-state index contributed by atoms with van der Waals surface area (Å²) >= 11 is 0. The Morgan fingerprint density at radius 3 is 2.44 bits per heavy atom. The van der Waals surface area contributed by atoms with Crippen molar-refractivity contribution in [3.8, 4) is 0 Å². The maximum atomic E-state index is 9.15. The highest BCUT2D eigenvalue weighted by molar-refractivity contribution is 5.83. The number of hydrogen-bond donors (Lipinski definition) is 1. The molecule has 0 amide bonds. The molecule has 0 saturated carbocycles. The number of rotatable bonds is 7. The molecule has 0 radical (unpaired) electrons. The van der Waals surface area contributed by atoms with Crippen molar-refractivity contribution in [3.05, 3.63) is 59.9 Å². The van der Waals surface area contributed by atoms with Gasteiger partial charge >= 0.3 is 0 Å². The van der Waals surface area contributed by atoms with E-state index in [-0.39, 0.29) is 6.61 Å². The van der Waals surface area contributed by atoms with Gasteiger partial charge in [-0.2, -0.15) is 10.2 Å². The molecule has 4 rings (SSSR count). The first-order valence-electron chi connectivity index (χ1n) is 9.70. The van der Waals surface area contributed by atoms with Gasteiger partial charge in [-0.1, -0.05) is 36.4 Å². The number of hydrogen-bond acceptors (Lipinski definition) is 3. The molecule has 0 aliphatic heterocycles. The van der Waals surface area contributed by atoms with Gasteiger partial charge in [-0.3, -0.25) is 9.36 Å². The van der Waals surface area contributed by atoms with Gasteiger partial charge in [0.25, 0.3) is 0 Å². The van der Waals surface area contributed by atoms with Gasteiger partial charge in [0.15, 0.2) is 0 Å². The van der Waals surface area contributed by atoms with E-state index in [0.717, 1.165) is 30.5 Å². The van der Waals surface area contributed by atoms with Gasteiger partial charge in [0.2, 0.25) is 0 Å². The predicted molar refractivity (Wildman–Crippen MR) is 109 cm³/mol. The van der Waals surface area contributed by atoms with Crippen molar-refractivity contribution >= 4 is 21.8 Å². The first-order chi connectivity index (χ1) is 13.2. The van der Waals surface area contributed by atoms with Crippen LogP contribution in [0.5, 0.6) is 0 Å². The Bertz CT molecular complexity index is 1060. The maximum absolute atomic E-state index is 9.15.